The lowest BCUT2D eigenvalue weighted by Gasteiger charge is -2.03. The van der Waals surface area contributed by atoms with E-state index in [0.29, 0.717) is 0 Å². The molecule has 10 heavy (non-hydrogen) atoms. The number of hydrogen-bond donors (Lipinski definition) is 2. The molecule has 0 unspecified atom stereocenters. The molecule has 0 aliphatic carbocycles. The third kappa shape index (κ3) is 4.03. The molecule has 0 aromatic carbocycles. The number of Topliss-reactive ketones (excluding diaryl/α,β-unsaturated/α-hetero) is 1. The van der Waals surface area contributed by atoms with E-state index in [1.807, 2.05) is 0 Å². The summed E-state index contributed by atoms with van der Waals surface area (Å²) in [5.41, 5.74) is 5.25. The summed E-state index contributed by atoms with van der Waals surface area (Å²) in [5, 5.41) is 8.18. The molecular weight excluding hydrogens is 134 g/mol. The Morgan fingerprint density at radius 1 is 1.60 bits per heavy atom. The van der Waals surface area contributed by atoms with Gasteiger partial charge in [0.15, 0.2) is 0 Å². The molecule has 0 aliphatic rings. The van der Waals surface area contributed by atoms with Gasteiger partial charge in [0.2, 0.25) is 0 Å². The van der Waals surface area contributed by atoms with Gasteiger partial charge in [0, 0.05) is 6.42 Å². The maximum atomic E-state index is 10.4. The van der Waals surface area contributed by atoms with Crippen LogP contribution in [0.5, 0.6) is 0 Å². The van der Waals surface area contributed by atoms with E-state index in [1.54, 1.807) is 0 Å². The summed E-state index contributed by atoms with van der Waals surface area (Å²) in [7, 11) is 0. The van der Waals surface area contributed by atoms with E-state index < -0.39 is 12.0 Å². The molecular formula is C6H11NO3. The van der Waals surface area contributed by atoms with Crippen LogP contribution in [0.25, 0.3) is 0 Å². The van der Waals surface area contributed by atoms with Gasteiger partial charge in [-0.15, -0.1) is 0 Å². The van der Waals surface area contributed by atoms with Gasteiger partial charge in [-0.25, -0.2) is 0 Å². The predicted molar refractivity (Wildman–Crippen MR) is 35.5 cm³/mol. The second kappa shape index (κ2) is 4.00. The van der Waals surface area contributed by atoms with Crippen LogP contribution in [0.3, 0.4) is 0 Å². The summed E-state index contributed by atoms with van der Waals surface area (Å²) in [4.78, 5) is 20.4. The molecule has 0 aromatic heterocycles. The van der Waals surface area contributed by atoms with E-state index in [-0.39, 0.29) is 18.6 Å². The molecule has 0 saturated carbocycles. The molecule has 0 aromatic rings. The predicted octanol–water partition coefficient (Wildman–Crippen LogP) is -0.233. The number of carbonyl (C=O) groups is 2. The third-order valence-electron chi connectivity index (χ3n) is 1.19. The van der Waals surface area contributed by atoms with Crippen LogP contribution in [0.4, 0.5) is 0 Å². The summed E-state index contributed by atoms with van der Waals surface area (Å²) >= 11 is 0. The molecule has 0 fully saturated rings. The maximum absolute atomic E-state index is 10.4. The van der Waals surface area contributed by atoms with E-state index >= 15 is 0 Å². The van der Waals surface area contributed by atoms with Crippen molar-refractivity contribution in [2.24, 2.45) is 5.73 Å². The van der Waals surface area contributed by atoms with Crippen molar-refractivity contribution in [1.82, 2.24) is 0 Å². The van der Waals surface area contributed by atoms with Crippen LogP contribution in [0.15, 0.2) is 0 Å². The highest BCUT2D eigenvalue weighted by molar-refractivity contribution is 5.81. The fourth-order valence-electron chi connectivity index (χ4n) is 0.482. The first-order chi connectivity index (χ1) is 4.54. The van der Waals surface area contributed by atoms with Crippen LogP contribution in [0.1, 0.15) is 19.8 Å². The van der Waals surface area contributed by atoms with Crippen molar-refractivity contribution in [3.8, 4) is 0 Å². The van der Waals surface area contributed by atoms with Gasteiger partial charge in [0.25, 0.3) is 0 Å². The number of carboxylic acid groups (broad SMARTS) is 1. The standard InChI is InChI=1S/C6H11NO3/c1-4(8)5(7)2-3-6(9)10/h5H,2-3,7H2,1H3,(H,9,10)/t5-/m1/s1. The Kier molecular flexibility index (Phi) is 3.64. The summed E-state index contributed by atoms with van der Waals surface area (Å²) in [6.45, 7) is 1.35. The van der Waals surface area contributed by atoms with Crippen molar-refractivity contribution >= 4 is 11.8 Å². The Morgan fingerprint density at radius 2 is 2.10 bits per heavy atom. The number of hydrogen-bond acceptors (Lipinski definition) is 3. The van der Waals surface area contributed by atoms with Crippen LogP contribution in [0.2, 0.25) is 0 Å². The zero-order chi connectivity index (χ0) is 8.15. The molecule has 0 rings (SSSR count). The molecule has 0 saturated heterocycles. The smallest absolute Gasteiger partial charge is 0.303 e. The van der Waals surface area contributed by atoms with E-state index in [9.17, 15) is 9.59 Å². The van der Waals surface area contributed by atoms with Crippen molar-refractivity contribution in [1.29, 1.82) is 0 Å². The van der Waals surface area contributed by atoms with Crippen molar-refractivity contribution in [2.45, 2.75) is 25.8 Å². The number of carboxylic acids is 1. The van der Waals surface area contributed by atoms with Gasteiger partial charge in [0.05, 0.1) is 6.04 Å². The summed E-state index contributed by atoms with van der Waals surface area (Å²) in [6.07, 6.45) is 0.186. The topological polar surface area (TPSA) is 80.4 Å². The molecule has 1 atom stereocenters. The zero-order valence-electron chi connectivity index (χ0n) is 5.83. The minimum absolute atomic E-state index is 0.0409. The molecule has 4 heteroatoms. The second-order valence-corrected chi connectivity index (χ2v) is 2.15. The van der Waals surface area contributed by atoms with Crippen LogP contribution < -0.4 is 5.73 Å². The summed E-state index contributed by atoms with van der Waals surface area (Å²) < 4.78 is 0. The van der Waals surface area contributed by atoms with Gasteiger partial charge in [-0.1, -0.05) is 0 Å². The minimum atomic E-state index is -0.920. The first-order valence-electron chi connectivity index (χ1n) is 3.02. The monoisotopic (exact) mass is 145 g/mol. The molecule has 0 radical (unpaired) electrons. The van der Waals surface area contributed by atoms with Gasteiger partial charge in [-0.2, -0.15) is 0 Å². The van der Waals surface area contributed by atoms with Crippen molar-refractivity contribution in [3.05, 3.63) is 0 Å². The fourth-order valence-corrected chi connectivity index (χ4v) is 0.482. The van der Waals surface area contributed by atoms with Crippen LogP contribution in [0, 0.1) is 0 Å². The van der Waals surface area contributed by atoms with E-state index in [4.69, 9.17) is 10.8 Å². The van der Waals surface area contributed by atoms with Crippen LogP contribution in [-0.2, 0) is 9.59 Å². The molecule has 0 aliphatic heterocycles. The van der Waals surface area contributed by atoms with Crippen molar-refractivity contribution in [2.75, 3.05) is 0 Å². The quantitative estimate of drug-likeness (QED) is 0.572. The lowest BCUT2D eigenvalue weighted by Crippen LogP contribution is -2.28. The molecule has 0 heterocycles. The Balaban J connectivity index is 3.49. The lowest BCUT2D eigenvalue weighted by molar-refractivity contribution is -0.137. The van der Waals surface area contributed by atoms with Gasteiger partial charge in [-0.3, -0.25) is 9.59 Å². The zero-order valence-corrected chi connectivity index (χ0v) is 5.83. The number of aliphatic carboxylic acids is 1. The van der Waals surface area contributed by atoms with E-state index in [0.717, 1.165) is 0 Å². The normalized spacial score (nSPS) is 12.6. The van der Waals surface area contributed by atoms with Gasteiger partial charge in [0.1, 0.15) is 5.78 Å². The third-order valence-corrected chi connectivity index (χ3v) is 1.19. The van der Waals surface area contributed by atoms with E-state index in [1.165, 1.54) is 6.92 Å². The maximum Gasteiger partial charge on any atom is 0.303 e. The van der Waals surface area contributed by atoms with Crippen molar-refractivity contribution < 1.29 is 14.7 Å². The van der Waals surface area contributed by atoms with E-state index in [2.05, 4.69) is 0 Å². The lowest BCUT2D eigenvalue weighted by atomic mass is 10.1. The Bertz CT molecular complexity index is 144. The van der Waals surface area contributed by atoms with Crippen LogP contribution >= 0.6 is 0 Å². The summed E-state index contributed by atoms with van der Waals surface area (Å²) in [6, 6.07) is -0.615. The Hall–Kier alpha value is -0.900. The highest BCUT2D eigenvalue weighted by atomic mass is 16.4. The molecule has 3 N–H and O–H groups in total. The largest absolute Gasteiger partial charge is 0.481 e. The highest BCUT2D eigenvalue weighted by Gasteiger charge is 2.09. The first-order valence-corrected chi connectivity index (χ1v) is 3.02. The molecule has 0 bridgehead atoms. The number of carbonyl (C=O) groups excluding carboxylic acids is 1. The second-order valence-electron chi connectivity index (χ2n) is 2.15. The van der Waals surface area contributed by atoms with Crippen molar-refractivity contribution in [3.63, 3.8) is 0 Å². The Morgan fingerprint density at radius 3 is 2.40 bits per heavy atom. The van der Waals surface area contributed by atoms with Gasteiger partial charge >= 0.3 is 5.97 Å². The van der Waals surface area contributed by atoms with Gasteiger partial charge < -0.3 is 10.8 Å². The van der Waals surface area contributed by atoms with Gasteiger partial charge in [-0.05, 0) is 13.3 Å². The number of ketones is 1. The minimum Gasteiger partial charge on any atom is -0.481 e. The molecule has 4 nitrogen and oxygen atoms in total. The average Bonchev–Trinajstić information content (AvgIpc) is 1.82. The Labute approximate surface area is 59.0 Å². The summed E-state index contributed by atoms with van der Waals surface area (Å²) in [5.74, 6) is -1.09. The molecule has 0 amide bonds. The SMILES string of the molecule is CC(=O)[C@H](N)CCC(=O)O. The van der Waals surface area contributed by atoms with Crippen LogP contribution in [-0.4, -0.2) is 22.9 Å². The highest BCUT2D eigenvalue weighted by Crippen LogP contribution is 1.94. The first kappa shape index (κ1) is 9.10. The number of rotatable bonds is 4. The fraction of sp³-hybridized carbons (Fsp3) is 0.667. The molecule has 0 spiro atoms. The molecule has 58 valence electrons. The average molecular weight is 145 g/mol. The number of nitrogens with two attached hydrogens (primary N) is 1.